The van der Waals surface area contributed by atoms with Crippen LogP contribution in [0.2, 0.25) is 0 Å². The second-order valence-corrected chi connectivity index (χ2v) is 6.37. The highest BCUT2D eigenvalue weighted by atomic mass is 79.9. The number of carboxylic acids is 1. The van der Waals surface area contributed by atoms with Gasteiger partial charge in [-0.05, 0) is 35.7 Å². The summed E-state index contributed by atoms with van der Waals surface area (Å²) in [5.74, 6) is -7.75. The molecule has 0 aromatic heterocycles. The van der Waals surface area contributed by atoms with Gasteiger partial charge in [0.2, 0.25) is 0 Å². The van der Waals surface area contributed by atoms with Crippen LogP contribution in [0.1, 0.15) is 12.5 Å². The number of fused-ring (bicyclic) bond motifs is 1. The van der Waals surface area contributed by atoms with E-state index in [0.717, 1.165) is 15.2 Å². The maximum atomic E-state index is 13.3. The van der Waals surface area contributed by atoms with Crippen LogP contribution in [0.3, 0.4) is 0 Å². The lowest BCUT2D eigenvalue weighted by Gasteiger charge is -2.34. The van der Waals surface area contributed by atoms with Gasteiger partial charge in [0.25, 0.3) is 5.79 Å². The first-order chi connectivity index (χ1) is 11.6. The minimum atomic E-state index is -5.24. The largest absolute Gasteiger partial charge is 0.481 e. The van der Waals surface area contributed by atoms with Crippen molar-refractivity contribution in [3.8, 4) is 0 Å². The fraction of sp³-hybridized carbons (Fsp3) is 0.353. The zero-order valence-corrected chi connectivity index (χ0v) is 14.8. The van der Waals surface area contributed by atoms with E-state index >= 15 is 0 Å². The quantitative estimate of drug-likeness (QED) is 0.689. The Balaban J connectivity index is 2.44. The van der Waals surface area contributed by atoms with Crippen molar-refractivity contribution in [2.45, 2.75) is 25.3 Å². The predicted octanol–water partition coefficient (Wildman–Crippen LogP) is 4.13. The third kappa shape index (κ3) is 3.96. The van der Waals surface area contributed by atoms with E-state index in [1.165, 1.54) is 13.0 Å². The van der Waals surface area contributed by atoms with E-state index < -0.39 is 36.9 Å². The zero-order chi connectivity index (χ0) is 18.8. The van der Waals surface area contributed by atoms with Crippen LogP contribution < -0.4 is 0 Å². The van der Waals surface area contributed by atoms with Crippen LogP contribution in [-0.2, 0) is 16.0 Å². The molecule has 0 aliphatic carbocycles. The predicted molar refractivity (Wildman–Crippen MR) is 89.1 cm³/mol. The summed E-state index contributed by atoms with van der Waals surface area (Å²) in [7, 11) is 0. The molecule has 0 saturated heterocycles. The molecule has 2 aromatic rings. The van der Waals surface area contributed by atoms with Gasteiger partial charge in [-0.25, -0.2) is 0 Å². The Kier molecular flexibility index (Phi) is 5.75. The van der Waals surface area contributed by atoms with Crippen LogP contribution in [-0.4, -0.2) is 34.8 Å². The molecule has 0 aliphatic rings. The first kappa shape index (κ1) is 19.7. The van der Waals surface area contributed by atoms with Gasteiger partial charge in [-0.15, -0.1) is 0 Å². The molecular weight excluding hydrogens is 405 g/mol. The van der Waals surface area contributed by atoms with E-state index in [1.807, 2.05) is 6.07 Å². The summed E-state index contributed by atoms with van der Waals surface area (Å²) >= 11 is 3.37. The maximum Gasteiger partial charge on any atom is 0.444 e. The molecule has 4 nitrogen and oxygen atoms in total. The Morgan fingerprint density at radius 1 is 1.28 bits per heavy atom. The molecule has 8 heteroatoms. The first-order valence-corrected chi connectivity index (χ1v) is 8.22. The Morgan fingerprint density at radius 3 is 2.52 bits per heavy atom. The van der Waals surface area contributed by atoms with Gasteiger partial charge in [0.15, 0.2) is 0 Å². The monoisotopic (exact) mass is 420 g/mol. The average Bonchev–Trinajstić information content (AvgIpc) is 2.51. The van der Waals surface area contributed by atoms with Gasteiger partial charge in [-0.1, -0.05) is 46.3 Å². The summed E-state index contributed by atoms with van der Waals surface area (Å²) in [4.78, 5) is 11.4. The molecule has 0 spiro atoms. The number of aliphatic carboxylic acids is 1. The minimum Gasteiger partial charge on any atom is -0.481 e. The summed E-state index contributed by atoms with van der Waals surface area (Å²) in [6, 6.07) is 10.2. The van der Waals surface area contributed by atoms with Crippen LogP contribution >= 0.6 is 15.9 Å². The number of benzene rings is 2. The Labute approximate surface area is 150 Å². The van der Waals surface area contributed by atoms with Gasteiger partial charge < -0.3 is 14.9 Å². The number of alkyl halides is 3. The molecule has 0 radical (unpaired) electrons. The number of carbonyl (C=O) groups is 1. The smallest absolute Gasteiger partial charge is 0.444 e. The lowest BCUT2D eigenvalue weighted by Crippen LogP contribution is -2.56. The van der Waals surface area contributed by atoms with Gasteiger partial charge in [0.05, 0.1) is 0 Å². The van der Waals surface area contributed by atoms with Crippen molar-refractivity contribution >= 4 is 32.7 Å². The number of halogens is 4. The lowest BCUT2D eigenvalue weighted by molar-refractivity contribution is -0.381. The third-order valence-electron chi connectivity index (χ3n) is 3.87. The molecule has 0 saturated carbocycles. The van der Waals surface area contributed by atoms with E-state index in [2.05, 4.69) is 20.7 Å². The van der Waals surface area contributed by atoms with Crippen molar-refractivity contribution in [1.29, 1.82) is 0 Å². The average molecular weight is 421 g/mol. The second-order valence-electron chi connectivity index (χ2n) is 5.52. The molecule has 2 unspecified atom stereocenters. The van der Waals surface area contributed by atoms with Gasteiger partial charge in [-0.2, -0.15) is 13.2 Å². The standard InChI is InChI=1S/C17H16BrF3O4/c1-2-25-16(24,17(19,20)21)13(15(22)23)9-10-6-7-12-11(8-10)4-3-5-14(12)18/h3-8,13,24H,2,9H2,1H3,(H,22,23). The van der Waals surface area contributed by atoms with E-state index in [1.54, 1.807) is 24.3 Å². The fourth-order valence-electron chi connectivity index (χ4n) is 2.65. The van der Waals surface area contributed by atoms with Crippen LogP contribution in [0.25, 0.3) is 10.8 Å². The van der Waals surface area contributed by atoms with Crippen molar-refractivity contribution < 1.29 is 32.9 Å². The molecule has 2 N–H and O–H groups in total. The molecule has 0 amide bonds. The lowest BCUT2D eigenvalue weighted by atomic mass is 9.89. The highest BCUT2D eigenvalue weighted by Gasteiger charge is 2.62. The molecule has 2 aromatic carbocycles. The minimum absolute atomic E-state index is 0.348. The molecule has 0 bridgehead atoms. The molecule has 0 heterocycles. The third-order valence-corrected chi connectivity index (χ3v) is 4.56. The summed E-state index contributed by atoms with van der Waals surface area (Å²) in [6.45, 7) is 0.771. The summed E-state index contributed by atoms with van der Waals surface area (Å²) in [5.41, 5.74) is 0.348. The highest BCUT2D eigenvalue weighted by Crippen LogP contribution is 2.39. The van der Waals surface area contributed by atoms with Crippen LogP contribution in [0.5, 0.6) is 0 Å². The Hall–Kier alpha value is -1.64. The summed E-state index contributed by atoms with van der Waals surface area (Å²) in [5, 5.41) is 20.8. The van der Waals surface area contributed by atoms with Crippen LogP contribution in [0.15, 0.2) is 40.9 Å². The SMILES string of the molecule is CCOC(O)(C(Cc1ccc2c(Br)cccc2c1)C(=O)O)C(F)(F)F. The molecule has 136 valence electrons. The number of hydrogen-bond donors (Lipinski definition) is 2. The topological polar surface area (TPSA) is 66.8 Å². The zero-order valence-electron chi connectivity index (χ0n) is 13.2. The number of ether oxygens (including phenoxy) is 1. The van der Waals surface area contributed by atoms with Crippen molar-refractivity contribution in [2.75, 3.05) is 6.61 Å². The van der Waals surface area contributed by atoms with E-state index in [9.17, 15) is 28.2 Å². The van der Waals surface area contributed by atoms with Crippen molar-refractivity contribution in [1.82, 2.24) is 0 Å². The summed E-state index contributed by atoms with van der Waals surface area (Å²) < 4.78 is 45.0. The highest BCUT2D eigenvalue weighted by molar-refractivity contribution is 9.10. The first-order valence-electron chi connectivity index (χ1n) is 7.43. The van der Waals surface area contributed by atoms with E-state index in [0.29, 0.717) is 5.56 Å². The van der Waals surface area contributed by atoms with Gasteiger partial charge in [-0.3, -0.25) is 4.79 Å². The number of rotatable bonds is 6. The van der Waals surface area contributed by atoms with Gasteiger partial charge >= 0.3 is 12.1 Å². The van der Waals surface area contributed by atoms with Crippen molar-refractivity contribution in [3.05, 3.63) is 46.4 Å². The molecule has 0 fully saturated rings. The van der Waals surface area contributed by atoms with Gasteiger partial charge in [0, 0.05) is 11.1 Å². The van der Waals surface area contributed by atoms with E-state index in [-0.39, 0.29) is 0 Å². The van der Waals surface area contributed by atoms with Crippen LogP contribution in [0, 0.1) is 5.92 Å². The Morgan fingerprint density at radius 2 is 1.96 bits per heavy atom. The van der Waals surface area contributed by atoms with Crippen molar-refractivity contribution in [2.24, 2.45) is 5.92 Å². The maximum absolute atomic E-state index is 13.3. The summed E-state index contributed by atoms with van der Waals surface area (Å²) in [6.07, 6.45) is -5.78. The molecule has 2 rings (SSSR count). The van der Waals surface area contributed by atoms with Crippen LogP contribution in [0.4, 0.5) is 13.2 Å². The second kappa shape index (κ2) is 7.31. The molecular formula is C17H16BrF3O4. The molecule has 2 atom stereocenters. The van der Waals surface area contributed by atoms with E-state index in [4.69, 9.17) is 0 Å². The number of carboxylic acid groups (broad SMARTS) is 1. The number of aliphatic hydroxyl groups is 1. The van der Waals surface area contributed by atoms with Crippen molar-refractivity contribution in [3.63, 3.8) is 0 Å². The fourth-order valence-corrected chi connectivity index (χ4v) is 3.16. The number of hydrogen-bond acceptors (Lipinski definition) is 3. The van der Waals surface area contributed by atoms with Gasteiger partial charge in [0.1, 0.15) is 5.92 Å². The normalized spacial score (nSPS) is 15.8. The molecule has 0 aliphatic heterocycles. The molecule has 25 heavy (non-hydrogen) atoms. The Bertz CT molecular complexity index is 778.